The highest BCUT2D eigenvalue weighted by molar-refractivity contribution is 8.04. The largest absolute Gasteiger partial charge is 0.477 e. The van der Waals surface area contributed by atoms with Crippen molar-refractivity contribution in [3.8, 4) is 6.07 Å². The van der Waals surface area contributed by atoms with Gasteiger partial charge in [0.25, 0.3) is 0 Å². The minimum atomic E-state index is -1.10. The molecule has 1 aromatic rings. The summed E-state index contributed by atoms with van der Waals surface area (Å²) < 4.78 is 1.98. The molecule has 1 fully saturated rings. The van der Waals surface area contributed by atoms with Crippen LogP contribution in [0.4, 0.5) is 0 Å². The molecular weight excluding hydrogens is 354 g/mol. The van der Waals surface area contributed by atoms with Crippen molar-refractivity contribution in [3.05, 3.63) is 40.7 Å². The second kappa shape index (κ2) is 7.48. The number of carbonyl (C=O) groups is 2. The number of amides is 1. The molecule has 0 unspecified atom stereocenters. The van der Waals surface area contributed by atoms with Crippen molar-refractivity contribution in [1.82, 2.24) is 4.90 Å². The van der Waals surface area contributed by atoms with Crippen LogP contribution >= 0.6 is 11.8 Å². The van der Waals surface area contributed by atoms with Crippen molar-refractivity contribution in [2.45, 2.75) is 44.2 Å². The topological polar surface area (TPSA) is 106 Å². The third kappa shape index (κ3) is 3.32. The highest BCUT2D eigenvalue weighted by Gasteiger charge is 2.57. The summed E-state index contributed by atoms with van der Waals surface area (Å²) in [4.78, 5) is 25.8. The van der Waals surface area contributed by atoms with Crippen molar-refractivity contribution in [3.63, 3.8) is 0 Å². The number of β-lactam (4-membered cyclic amide) rings is 1. The summed E-state index contributed by atoms with van der Waals surface area (Å²) in [5.74, 6) is -1.96. The number of nitrogens with zero attached hydrogens (tertiary/aromatic N) is 3. The molecule has 1 amide bonds. The molecule has 1 saturated heterocycles. The molecule has 0 bridgehead atoms. The molecule has 0 aromatic carbocycles. The Morgan fingerprint density at radius 2 is 2.31 bits per heavy atom. The predicted molar refractivity (Wildman–Crippen MR) is 93.2 cm³/mol. The van der Waals surface area contributed by atoms with Gasteiger partial charge in [0, 0.05) is 23.0 Å². The first kappa shape index (κ1) is 18.4. The number of pyridine rings is 1. The average molecular weight is 374 g/mol. The number of carbonyl (C=O) groups excluding carboxylic acids is 1. The summed E-state index contributed by atoms with van der Waals surface area (Å²) in [5.41, 5.74) is 0.996. The average Bonchev–Trinajstić information content (AvgIpc) is 2.90. The number of aliphatic hydroxyl groups is 1. The van der Waals surface area contributed by atoms with E-state index in [0.717, 1.165) is 5.56 Å². The van der Waals surface area contributed by atoms with Gasteiger partial charge in [-0.1, -0.05) is 0 Å². The molecule has 3 atom stereocenters. The van der Waals surface area contributed by atoms with Crippen LogP contribution in [-0.2, 0) is 22.6 Å². The van der Waals surface area contributed by atoms with E-state index in [1.54, 1.807) is 6.92 Å². The molecule has 8 heteroatoms. The summed E-state index contributed by atoms with van der Waals surface area (Å²) >= 11 is 1.38. The van der Waals surface area contributed by atoms with Gasteiger partial charge in [0.05, 0.1) is 24.5 Å². The number of carboxylic acids is 1. The Balaban J connectivity index is 1.66. The highest BCUT2D eigenvalue weighted by atomic mass is 32.2. The van der Waals surface area contributed by atoms with Crippen molar-refractivity contribution in [2.75, 3.05) is 0 Å². The fourth-order valence-electron chi connectivity index (χ4n) is 3.36. The zero-order valence-electron chi connectivity index (χ0n) is 14.3. The quantitative estimate of drug-likeness (QED) is 0.545. The van der Waals surface area contributed by atoms with Gasteiger partial charge >= 0.3 is 5.97 Å². The number of carboxylic acid groups (broad SMARTS) is 1. The van der Waals surface area contributed by atoms with Crippen LogP contribution in [-0.4, -0.2) is 38.5 Å². The third-order valence-corrected chi connectivity index (χ3v) is 6.02. The summed E-state index contributed by atoms with van der Waals surface area (Å²) in [5, 5.41) is 27.7. The second-order valence-electron chi connectivity index (χ2n) is 6.45. The van der Waals surface area contributed by atoms with Crippen LogP contribution in [0, 0.1) is 17.2 Å². The number of hydrogen-bond donors (Lipinski definition) is 2. The molecule has 2 N–H and O–H groups in total. The lowest BCUT2D eigenvalue weighted by Crippen LogP contribution is -2.60. The van der Waals surface area contributed by atoms with E-state index < -0.39 is 18.0 Å². The number of aliphatic carboxylic acids is 1. The van der Waals surface area contributed by atoms with E-state index in [1.807, 2.05) is 29.1 Å². The van der Waals surface area contributed by atoms with E-state index in [-0.39, 0.29) is 17.0 Å². The fraction of sp³-hybridized carbons (Fsp3) is 0.444. The van der Waals surface area contributed by atoms with Gasteiger partial charge in [-0.25, -0.2) is 9.36 Å². The van der Waals surface area contributed by atoms with E-state index >= 15 is 0 Å². The normalized spacial score (nSPS) is 22.7. The first-order valence-corrected chi connectivity index (χ1v) is 9.31. The molecule has 26 heavy (non-hydrogen) atoms. The van der Waals surface area contributed by atoms with E-state index in [9.17, 15) is 19.8 Å². The lowest BCUT2D eigenvalue weighted by Gasteiger charge is -2.43. The Bertz CT molecular complexity index is 815. The molecule has 2 aliphatic heterocycles. The number of thioether (sulfide) groups is 1. The van der Waals surface area contributed by atoms with E-state index in [0.29, 0.717) is 30.7 Å². The SMILES string of the molecule is C[C@@H](O)[C@H]1C(=O)N2C(C(=O)O)=C(CCC[n+]3cccc(CC#N)c3)S[C@H]12. The van der Waals surface area contributed by atoms with Gasteiger partial charge in [-0.3, -0.25) is 9.69 Å². The number of allylic oxidation sites excluding steroid dienone is 1. The second-order valence-corrected chi connectivity index (χ2v) is 7.66. The molecule has 0 spiro atoms. The van der Waals surface area contributed by atoms with Gasteiger partial charge in [-0.05, 0) is 19.4 Å². The van der Waals surface area contributed by atoms with Gasteiger partial charge in [-0.15, -0.1) is 11.8 Å². The van der Waals surface area contributed by atoms with Crippen LogP contribution in [0.2, 0.25) is 0 Å². The van der Waals surface area contributed by atoms with Crippen molar-refractivity contribution >= 4 is 23.6 Å². The molecule has 1 aromatic heterocycles. The zero-order valence-corrected chi connectivity index (χ0v) is 15.1. The van der Waals surface area contributed by atoms with Crippen LogP contribution in [0.25, 0.3) is 0 Å². The summed E-state index contributed by atoms with van der Waals surface area (Å²) in [7, 11) is 0. The minimum absolute atomic E-state index is 0.0603. The maximum atomic E-state index is 12.2. The Morgan fingerprint density at radius 3 is 2.96 bits per heavy atom. The van der Waals surface area contributed by atoms with E-state index in [2.05, 4.69) is 6.07 Å². The van der Waals surface area contributed by atoms with Crippen molar-refractivity contribution in [2.24, 2.45) is 5.92 Å². The van der Waals surface area contributed by atoms with E-state index in [4.69, 9.17) is 5.26 Å². The molecule has 0 radical (unpaired) electrons. The van der Waals surface area contributed by atoms with Crippen LogP contribution in [0.1, 0.15) is 25.3 Å². The zero-order chi connectivity index (χ0) is 18.8. The Labute approximate surface area is 155 Å². The molecule has 0 aliphatic carbocycles. The highest BCUT2D eigenvalue weighted by Crippen LogP contribution is 2.51. The lowest BCUT2D eigenvalue weighted by atomic mass is 9.92. The lowest BCUT2D eigenvalue weighted by molar-refractivity contribution is -0.697. The van der Waals surface area contributed by atoms with Crippen molar-refractivity contribution < 1.29 is 24.4 Å². The van der Waals surface area contributed by atoms with Gasteiger partial charge < -0.3 is 10.2 Å². The summed E-state index contributed by atoms with van der Waals surface area (Å²) in [6, 6.07) is 5.90. The molecular formula is C18H20N3O4S+. The van der Waals surface area contributed by atoms with Crippen LogP contribution in [0.3, 0.4) is 0 Å². The molecule has 3 rings (SSSR count). The van der Waals surface area contributed by atoms with Gasteiger partial charge in [0.1, 0.15) is 17.6 Å². The summed E-state index contributed by atoms with van der Waals surface area (Å²) in [6.07, 6.45) is 4.66. The molecule has 2 aliphatic rings. The molecule has 0 saturated carbocycles. The third-order valence-electron chi connectivity index (χ3n) is 4.60. The van der Waals surface area contributed by atoms with Crippen LogP contribution in [0.5, 0.6) is 0 Å². The van der Waals surface area contributed by atoms with Gasteiger partial charge in [-0.2, -0.15) is 5.26 Å². The monoisotopic (exact) mass is 374 g/mol. The Morgan fingerprint density at radius 1 is 1.54 bits per heavy atom. The first-order chi connectivity index (χ1) is 12.4. The molecule has 7 nitrogen and oxygen atoms in total. The Kier molecular flexibility index (Phi) is 5.30. The number of hydrogen-bond acceptors (Lipinski definition) is 5. The minimum Gasteiger partial charge on any atom is -0.477 e. The predicted octanol–water partition coefficient (Wildman–Crippen LogP) is 1.03. The first-order valence-electron chi connectivity index (χ1n) is 8.43. The smallest absolute Gasteiger partial charge is 0.353 e. The number of aryl methyl sites for hydroxylation is 1. The number of aliphatic hydroxyl groups excluding tert-OH is 1. The maximum absolute atomic E-state index is 12.2. The molecule has 136 valence electrons. The van der Waals surface area contributed by atoms with Crippen LogP contribution in [0.15, 0.2) is 35.1 Å². The number of fused-ring (bicyclic) bond motifs is 1. The molecule has 3 heterocycles. The number of aromatic nitrogens is 1. The summed E-state index contributed by atoms with van der Waals surface area (Å²) in [6.45, 7) is 2.25. The number of nitriles is 1. The van der Waals surface area contributed by atoms with Crippen molar-refractivity contribution in [1.29, 1.82) is 5.26 Å². The fourth-order valence-corrected chi connectivity index (χ4v) is 5.02. The van der Waals surface area contributed by atoms with Crippen LogP contribution < -0.4 is 4.57 Å². The van der Waals surface area contributed by atoms with Gasteiger partial charge in [0.2, 0.25) is 5.91 Å². The number of rotatable bonds is 7. The maximum Gasteiger partial charge on any atom is 0.353 e. The van der Waals surface area contributed by atoms with Gasteiger partial charge in [0.15, 0.2) is 12.4 Å². The Hall–Kier alpha value is -2.37. The van der Waals surface area contributed by atoms with E-state index in [1.165, 1.54) is 16.7 Å². The standard InChI is InChI=1S/C18H19N3O4S/c1-11(22)14-16(23)21-15(18(24)25)13(26-17(14)21)5-3-9-20-8-2-4-12(10-20)6-7-19/h2,4,8,10-11,14,17,22H,3,5-6,9H2,1H3/p+1/t11-,14+,17-/m1/s1.